The summed E-state index contributed by atoms with van der Waals surface area (Å²) in [5.74, 6) is -22.6. The fourth-order valence-electron chi connectivity index (χ4n) is 3.62. The molecule has 0 saturated heterocycles. The fourth-order valence-corrected chi connectivity index (χ4v) is 6.89. The largest absolute Gasteiger partial charge is 0.294 e. The van der Waals surface area contributed by atoms with E-state index in [1.807, 2.05) is 0 Å². The average Bonchev–Trinajstić information content (AvgIpc) is 2.81. The van der Waals surface area contributed by atoms with Crippen LogP contribution in [0.15, 0.2) is 15.9 Å². The molecule has 0 heterocycles. The fraction of sp³-hybridized carbons (Fsp3) is 0.333. The quantitative estimate of drug-likeness (QED) is 0.0966. The summed E-state index contributed by atoms with van der Waals surface area (Å²) in [5.41, 5.74) is -5.51. The van der Waals surface area contributed by atoms with Gasteiger partial charge in [0.25, 0.3) is 5.54 Å². The van der Waals surface area contributed by atoms with Gasteiger partial charge in [-0.1, -0.05) is 55.1 Å². The van der Waals surface area contributed by atoms with E-state index in [1.165, 1.54) is 13.8 Å². The summed E-state index contributed by atoms with van der Waals surface area (Å²) in [6.07, 6.45) is 0. The molecule has 0 nitrogen and oxygen atoms in total. The Labute approximate surface area is 224 Å². The summed E-state index contributed by atoms with van der Waals surface area (Å²) in [7, 11) is -5.35. The van der Waals surface area contributed by atoms with Crippen molar-refractivity contribution in [2.24, 2.45) is 0 Å². The molecule has 0 spiro atoms. The van der Waals surface area contributed by atoms with Crippen molar-refractivity contribution in [1.82, 2.24) is 0 Å². The third kappa shape index (κ3) is 5.58. The average molecular weight is 649 g/mol. The zero-order chi connectivity index (χ0) is 29.8. The second-order valence-electron chi connectivity index (χ2n) is 10.8. The molecule has 2 aromatic carbocycles. The van der Waals surface area contributed by atoms with Crippen molar-refractivity contribution in [2.75, 3.05) is 0 Å². The van der Waals surface area contributed by atoms with Crippen molar-refractivity contribution in [3.63, 3.8) is 0 Å². The van der Waals surface area contributed by atoms with Crippen molar-refractivity contribution in [2.45, 2.75) is 53.1 Å². The Balaban J connectivity index is 3.29. The van der Waals surface area contributed by atoms with E-state index in [0.717, 1.165) is 0 Å². The van der Waals surface area contributed by atoms with Gasteiger partial charge in [0.05, 0.1) is 21.7 Å². The van der Waals surface area contributed by atoms with Gasteiger partial charge in [-0.15, -0.1) is 15.8 Å². The van der Waals surface area contributed by atoms with E-state index in [1.54, 1.807) is 39.3 Å². The Hall–Kier alpha value is -1.80. The normalized spacial score (nSPS) is 14.0. The van der Waals surface area contributed by atoms with Crippen LogP contribution < -0.4 is 5.46 Å². The number of allylic oxidation sites excluding steroid dienone is 4. The van der Waals surface area contributed by atoms with E-state index >= 15 is 8.78 Å². The highest BCUT2D eigenvalue weighted by Gasteiger charge is 2.41. The molecule has 0 aliphatic heterocycles. The third-order valence-corrected chi connectivity index (χ3v) is 12.4. The van der Waals surface area contributed by atoms with Crippen LogP contribution in [0.3, 0.4) is 0 Å². The molecular weight excluding hydrogens is 625 g/mol. The number of hydrogen-bond acceptors (Lipinski definition) is 0. The molecule has 0 aliphatic rings. The first-order valence-corrected chi connectivity index (χ1v) is 19.1. The highest BCUT2D eigenvalue weighted by molar-refractivity contribution is 9.25. The van der Waals surface area contributed by atoms with Gasteiger partial charge in [-0.25, -0.2) is 43.9 Å². The van der Waals surface area contributed by atoms with E-state index in [4.69, 9.17) is 0 Å². The first kappa shape index (κ1) is 32.4. The highest BCUT2D eigenvalue weighted by Crippen LogP contribution is 2.42. The molecule has 0 bridgehead atoms. The molecule has 2 rings (SSSR count). The third-order valence-electron chi connectivity index (χ3n) is 6.51. The summed E-state index contributed by atoms with van der Waals surface area (Å²) in [4.78, 5) is 0. The Kier molecular flexibility index (Phi) is 9.37. The van der Waals surface area contributed by atoms with E-state index in [2.05, 4.69) is 15.8 Å². The monoisotopic (exact) mass is 648 g/mol. The molecule has 14 heteroatoms. The number of halogens is 11. The topological polar surface area (TPSA) is 0 Å². The SMILES string of the molecule is C/C(=C(B(Br)c1c(F)c(F)c(F)c(F)c1F)\C(=C(\C)[Si](C)(C)C)c1c(F)c(F)c(F)c(F)c1F)[Si](C)(C)C. The molecule has 38 heavy (non-hydrogen) atoms. The van der Waals surface area contributed by atoms with Crippen LogP contribution in [0.1, 0.15) is 19.4 Å². The zero-order valence-corrected chi connectivity index (χ0v) is 25.3. The zero-order valence-electron chi connectivity index (χ0n) is 21.7. The maximum absolute atomic E-state index is 15.2. The smallest absolute Gasteiger partial charge is 0.204 e. The molecule has 0 aliphatic carbocycles. The van der Waals surface area contributed by atoms with Gasteiger partial charge in [0.1, 0.15) is 0 Å². The van der Waals surface area contributed by atoms with Gasteiger partial charge in [-0.3, -0.25) is 0 Å². The van der Waals surface area contributed by atoms with E-state index < -0.39 is 96.5 Å². The van der Waals surface area contributed by atoms with Gasteiger partial charge >= 0.3 is 0 Å². The summed E-state index contributed by atoms with van der Waals surface area (Å²) in [6.45, 7) is 13.1. The first-order chi connectivity index (χ1) is 17.1. The molecule has 0 N–H and O–H groups in total. The van der Waals surface area contributed by atoms with Crippen molar-refractivity contribution < 1.29 is 43.9 Å². The molecule has 0 unspecified atom stereocenters. The molecule has 0 radical (unpaired) electrons. The van der Waals surface area contributed by atoms with Crippen molar-refractivity contribution in [3.05, 3.63) is 79.6 Å². The van der Waals surface area contributed by atoms with Crippen molar-refractivity contribution >= 4 is 48.5 Å². The molecular formula is C24H24BBrF10Si2. The number of rotatable bonds is 6. The van der Waals surface area contributed by atoms with Crippen LogP contribution >= 0.6 is 15.8 Å². The summed E-state index contributed by atoms with van der Waals surface area (Å²) >= 11 is 2.98. The lowest BCUT2D eigenvalue weighted by Crippen LogP contribution is -2.40. The molecule has 0 fully saturated rings. The van der Waals surface area contributed by atoms with Crippen molar-refractivity contribution in [1.29, 1.82) is 0 Å². The lowest BCUT2D eigenvalue weighted by molar-refractivity contribution is 0.376. The second kappa shape index (κ2) is 11.0. The van der Waals surface area contributed by atoms with Crippen molar-refractivity contribution in [3.8, 4) is 0 Å². The maximum atomic E-state index is 15.2. The van der Waals surface area contributed by atoms with Crippen LogP contribution in [0, 0.1) is 58.2 Å². The van der Waals surface area contributed by atoms with E-state index in [9.17, 15) is 35.1 Å². The molecule has 208 valence electrons. The van der Waals surface area contributed by atoms with Crippen LogP contribution in [-0.4, -0.2) is 21.7 Å². The standard InChI is InChI=1S/C24H24BBrF10Si2/c1-9(37(3,4)5)11(12-15(27)19(31)23(35)20(32)16(12)28)13(10(2)38(6,7)8)25(26)14-17(29)21(33)24(36)22(34)18(14)30/h1-8H3/b11-9-,13-10-. The summed E-state index contributed by atoms with van der Waals surface area (Å²) < 4.78 is 145. The minimum absolute atomic E-state index is 0.168. The lowest BCUT2D eigenvalue weighted by Gasteiger charge is -2.31. The predicted molar refractivity (Wildman–Crippen MR) is 139 cm³/mol. The van der Waals surface area contributed by atoms with Crippen LogP contribution in [-0.2, 0) is 0 Å². The van der Waals surface area contributed by atoms with Gasteiger partial charge in [0.15, 0.2) is 52.4 Å². The maximum Gasteiger partial charge on any atom is 0.294 e. The van der Waals surface area contributed by atoms with Gasteiger partial charge in [0, 0.05) is 5.46 Å². The van der Waals surface area contributed by atoms with Crippen LogP contribution in [0.25, 0.3) is 5.57 Å². The Morgan fingerprint density at radius 3 is 1.11 bits per heavy atom. The molecule has 0 amide bonds. The Morgan fingerprint density at radius 2 is 0.789 bits per heavy atom. The van der Waals surface area contributed by atoms with Crippen LogP contribution in [0.4, 0.5) is 43.9 Å². The molecule has 0 saturated carbocycles. The minimum Gasteiger partial charge on any atom is -0.204 e. The predicted octanol–water partition coefficient (Wildman–Crippen LogP) is 8.76. The number of benzene rings is 2. The van der Waals surface area contributed by atoms with Crippen LogP contribution in [0.5, 0.6) is 0 Å². The highest BCUT2D eigenvalue weighted by atomic mass is 79.9. The number of hydrogen-bond donors (Lipinski definition) is 0. The first-order valence-electron chi connectivity index (χ1n) is 11.2. The summed E-state index contributed by atoms with van der Waals surface area (Å²) in [6, 6.07) is 0. The molecule has 2 aromatic rings. The van der Waals surface area contributed by atoms with Crippen LogP contribution in [0.2, 0.25) is 39.3 Å². The Bertz CT molecular complexity index is 1320. The van der Waals surface area contributed by atoms with Gasteiger partial charge in [-0.05, 0) is 19.4 Å². The molecule has 0 aromatic heterocycles. The van der Waals surface area contributed by atoms with E-state index in [-0.39, 0.29) is 15.9 Å². The molecule has 0 atom stereocenters. The second-order valence-corrected chi connectivity index (χ2v) is 22.2. The lowest BCUT2D eigenvalue weighted by atomic mass is 9.58. The minimum atomic E-state index is -2.70. The Morgan fingerprint density at radius 1 is 0.500 bits per heavy atom. The van der Waals surface area contributed by atoms with Gasteiger partial charge < -0.3 is 0 Å². The summed E-state index contributed by atoms with van der Waals surface area (Å²) in [5, 5.41) is 0.432. The van der Waals surface area contributed by atoms with Gasteiger partial charge in [0.2, 0.25) is 5.82 Å². The van der Waals surface area contributed by atoms with Gasteiger partial charge in [-0.2, -0.15) is 0 Å². The van der Waals surface area contributed by atoms with E-state index in [0.29, 0.717) is 0 Å².